The lowest BCUT2D eigenvalue weighted by molar-refractivity contribution is -0.113. The van der Waals surface area contributed by atoms with E-state index in [9.17, 15) is 4.79 Å². The van der Waals surface area contributed by atoms with Gasteiger partial charge in [-0.15, -0.1) is 10.2 Å². The molecule has 0 aliphatic rings. The summed E-state index contributed by atoms with van der Waals surface area (Å²) in [6.45, 7) is 2.50. The summed E-state index contributed by atoms with van der Waals surface area (Å²) in [6, 6.07) is 9.36. The summed E-state index contributed by atoms with van der Waals surface area (Å²) in [5, 5.41) is 14.8. The highest BCUT2D eigenvalue weighted by Crippen LogP contribution is 2.28. The number of methoxy groups -OCH3 is 1. The minimum absolute atomic E-state index is 0.126. The Morgan fingerprint density at radius 3 is 3.00 bits per heavy atom. The number of nitrogens with one attached hydrogen (secondary N) is 2. The van der Waals surface area contributed by atoms with Crippen molar-refractivity contribution in [1.29, 1.82) is 0 Å². The molecular weight excluding hydrogens is 372 g/mol. The number of hydrogen-bond donors (Lipinski definition) is 2. The quantitative estimate of drug-likeness (QED) is 0.566. The highest BCUT2D eigenvalue weighted by atomic mass is 32.2. The number of benzene rings is 1. The van der Waals surface area contributed by atoms with Crippen molar-refractivity contribution in [3.63, 3.8) is 0 Å². The van der Waals surface area contributed by atoms with E-state index in [1.807, 2.05) is 37.3 Å². The second kappa shape index (κ2) is 8.72. The van der Waals surface area contributed by atoms with Crippen LogP contribution >= 0.6 is 23.1 Å². The van der Waals surface area contributed by atoms with Gasteiger partial charge in [0.05, 0.1) is 31.4 Å². The Bertz CT molecular complexity index is 865. The molecule has 1 amide bonds. The summed E-state index contributed by atoms with van der Waals surface area (Å²) in [5.41, 5.74) is 1.71. The van der Waals surface area contributed by atoms with Crippen LogP contribution in [0.4, 0.5) is 10.8 Å². The molecule has 2 N–H and O–H groups in total. The maximum atomic E-state index is 12.2. The zero-order chi connectivity index (χ0) is 18.4. The summed E-state index contributed by atoms with van der Waals surface area (Å²) < 4.78 is 11.2. The van der Waals surface area contributed by atoms with Crippen molar-refractivity contribution in [2.24, 2.45) is 0 Å². The van der Waals surface area contributed by atoms with Gasteiger partial charge >= 0.3 is 0 Å². The number of carbonyl (C=O) groups is 1. The van der Waals surface area contributed by atoms with E-state index in [1.54, 1.807) is 13.4 Å². The molecule has 0 atom stereocenters. The van der Waals surface area contributed by atoms with Crippen LogP contribution < -0.4 is 15.4 Å². The lowest BCUT2D eigenvalue weighted by Gasteiger charge is -2.10. The third-order valence-corrected chi connectivity index (χ3v) is 5.37. The van der Waals surface area contributed by atoms with E-state index in [0.29, 0.717) is 23.1 Å². The fourth-order valence-electron chi connectivity index (χ4n) is 2.15. The summed E-state index contributed by atoms with van der Waals surface area (Å²) in [6.07, 6.45) is 1.63. The number of nitrogens with zero attached hydrogens (tertiary/aromatic N) is 2. The highest BCUT2D eigenvalue weighted by Gasteiger charge is 2.11. The highest BCUT2D eigenvalue weighted by molar-refractivity contribution is 8.01. The number of anilines is 2. The zero-order valence-corrected chi connectivity index (χ0v) is 15.9. The standard InChI is InChI=1S/C17H18N4O3S2/c1-11-5-6-14(23-2)13(8-11)19-15(22)10-25-17-21-20-16(26-17)18-9-12-4-3-7-24-12/h3-8H,9-10H2,1-2H3,(H,18,20)(H,19,22). The number of ether oxygens (including phenoxy) is 1. The average Bonchev–Trinajstić information content (AvgIpc) is 3.30. The Morgan fingerprint density at radius 2 is 2.23 bits per heavy atom. The molecule has 0 bridgehead atoms. The Balaban J connectivity index is 1.49. The molecule has 9 heteroatoms. The van der Waals surface area contributed by atoms with Crippen LogP contribution in [0.1, 0.15) is 11.3 Å². The predicted molar refractivity (Wildman–Crippen MR) is 103 cm³/mol. The van der Waals surface area contributed by atoms with Crippen molar-refractivity contribution >= 4 is 39.8 Å². The summed E-state index contributed by atoms with van der Waals surface area (Å²) >= 11 is 2.73. The van der Waals surface area contributed by atoms with Crippen molar-refractivity contribution in [3.8, 4) is 5.75 Å². The lowest BCUT2D eigenvalue weighted by atomic mass is 10.2. The Labute approximate surface area is 159 Å². The number of hydrogen-bond acceptors (Lipinski definition) is 8. The molecule has 2 heterocycles. The Hall–Kier alpha value is -2.52. The monoisotopic (exact) mass is 390 g/mol. The summed E-state index contributed by atoms with van der Waals surface area (Å²) in [4.78, 5) is 12.2. The number of furan rings is 1. The van der Waals surface area contributed by atoms with E-state index >= 15 is 0 Å². The SMILES string of the molecule is COc1ccc(C)cc1NC(=O)CSc1nnc(NCc2ccco2)s1. The van der Waals surface area contributed by atoms with E-state index in [2.05, 4.69) is 20.8 Å². The first kappa shape index (κ1) is 18.3. The first-order chi connectivity index (χ1) is 12.6. The number of rotatable bonds is 8. The van der Waals surface area contributed by atoms with Gasteiger partial charge in [0.15, 0.2) is 4.34 Å². The normalized spacial score (nSPS) is 10.5. The van der Waals surface area contributed by atoms with Gasteiger partial charge in [0.1, 0.15) is 11.5 Å². The van der Waals surface area contributed by atoms with Crippen LogP contribution in [0, 0.1) is 6.92 Å². The second-order valence-corrected chi connectivity index (χ2v) is 7.55. The fourth-order valence-corrected chi connectivity index (χ4v) is 3.70. The van der Waals surface area contributed by atoms with Crippen molar-refractivity contribution in [3.05, 3.63) is 47.9 Å². The molecule has 7 nitrogen and oxygen atoms in total. The first-order valence-electron chi connectivity index (χ1n) is 7.81. The lowest BCUT2D eigenvalue weighted by Crippen LogP contribution is -2.14. The van der Waals surface area contributed by atoms with Crippen molar-refractivity contribution in [1.82, 2.24) is 10.2 Å². The van der Waals surface area contributed by atoms with Crippen LogP contribution in [0.5, 0.6) is 5.75 Å². The number of aryl methyl sites for hydroxylation is 1. The molecular formula is C17H18N4O3S2. The first-order valence-corrected chi connectivity index (χ1v) is 9.61. The van der Waals surface area contributed by atoms with Crippen LogP contribution in [0.2, 0.25) is 0 Å². The molecule has 136 valence electrons. The van der Waals surface area contributed by atoms with Gasteiger partial charge in [0, 0.05) is 0 Å². The molecule has 26 heavy (non-hydrogen) atoms. The fraction of sp³-hybridized carbons (Fsp3) is 0.235. The van der Waals surface area contributed by atoms with Gasteiger partial charge in [-0.25, -0.2) is 0 Å². The van der Waals surface area contributed by atoms with Gasteiger partial charge in [0.25, 0.3) is 0 Å². The maximum absolute atomic E-state index is 12.2. The van der Waals surface area contributed by atoms with E-state index in [4.69, 9.17) is 9.15 Å². The number of carbonyl (C=O) groups excluding carboxylic acids is 1. The molecule has 0 aliphatic heterocycles. The minimum atomic E-state index is -0.126. The molecule has 0 saturated carbocycles. The summed E-state index contributed by atoms with van der Waals surface area (Å²) in [7, 11) is 1.58. The van der Waals surface area contributed by atoms with Crippen LogP contribution in [0.15, 0.2) is 45.4 Å². The molecule has 3 aromatic rings. The molecule has 0 radical (unpaired) electrons. The molecule has 2 aromatic heterocycles. The Morgan fingerprint density at radius 1 is 1.35 bits per heavy atom. The number of thioether (sulfide) groups is 1. The zero-order valence-electron chi connectivity index (χ0n) is 14.3. The van der Waals surface area contributed by atoms with Crippen molar-refractivity contribution < 1.29 is 13.9 Å². The Kier molecular flexibility index (Phi) is 6.13. The molecule has 1 aromatic carbocycles. The van der Waals surface area contributed by atoms with Crippen LogP contribution in [0.25, 0.3) is 0 Å². The second-order valence-electron chi connectivity index (χ2n) is 5.35. The molecule has 3 rings (SSSR count). The number of amides is 1. The summed E-state index contributed by atoms with van der Waals surface area (Å²) in [5.74, 6) is 1.57. The largest absolute Gasteiger partial charge is 0.495 e. The topological polar surface area (TPSA) is 89.3 Å². The van der Waals surface area contributed by atoms with Gasteiger partial charge in [-0.3, -0.25) is 4.79 Å². The molecule has 0 unspecified atom stereocenters. The average molecular weight is 390 g/mol. The molecule has 0 spiro atoms. The van der Waals surface area contributed by atoms with Crippen LogP contribution in [-0.2, 0) is 11.3 Å². The van der Waals surface area contributed by atoms with Gasteiger partial charge in [-0.2, -0.15) is 0 Å². The van der Waals surface area contributed by atoms with E-state index in [1.165, 1.54) is 23.1 Å². The third-order valence-electron chi connectivity index (χ3n) is 3.36. The van der Waals surface area contributed by atoms with Crippen LogP contribution in [0.3, 0.4) is 0 Å². The van der Waals surface area contributed by atoms with Crippen LogP contribution in [-0.4, -0.2) is 29.0 Å². The predicted octanol–water partition coefficient (Wildman–Crippen LogP) is 3.79. The van der Waals surface area contributed by atoms with Crippen molar-refractivity contribution in [2.75, 3.05) is 23.5 Å². The van der Waals surface area contributed by atoms with Gasteiger partial charge < -0.3 is 19.8 Å². The van der Waals surface area contributed by atoms with E-state index < -0.39 is 0 Å². The van der Waals surface area contributed by atoms with Gasteiger partial charge in [0.2, 0.25) is 11.0 Å². The van der Waals surface area contributed by atoms with E-state index in [-0.39, 0.29) is 11.7 Å². The smallest absolute Gasteiger partial charge is 0.234 e. The molecule has 0 aliphatic carbocycles. The van der Waals surface area contributed by atoms with Crippen molar-refractivity contribution in [2.45, 2.75) is 17.8 Å². The van der Waals surface area contributed by atoms with E-state index in [0.717, 1.165) is 15.7 Å². The third kappa shape index (κ3) is 4.99. The van der Waals surface area contributed by atoms with Gasteiger partial charge in [-0.05, 0) is 36.8 Å². The molecule has 0 saturated heterocycles. The maximum Gasteiger partial charge on any atom is 0.234 e. The minimum Gasteiger partial charge on any atom is -0.495 e. The van der Waals surface area contributed by atoms with Gasteiger partial charge in [-0.1, -0.05) is 29.2 Å². The number of aromatic nitrogens is 2. The molecule has 0 fully saturated rings.